The van der Waals surface area contributed by atoms with Crippen molar-refractivity contribution in [2.24, 2.45) is 0 Å². The van der Waals surface area contributed by atoms with Crippen molar-refractivity contribution in [3.05, 3.63) is 82.5 Å². The molecule has 0 saturated carbocycles. The van der Waals surface area contributed by atoms with Crippen molar-refractivity contribution in [1.82, 2.24) is 4.90 Å². The summed E-state index contributed by atoms with van der Waals surface area (Å²) in [6.45, 7) is 3.38. The fraction of sp³-hybridized carbons (Fsp3) is 0.200. The minimum absolute atomic E-state index is 0.0479. The number of thiophene rings is 1. The number of carbonyl (C=O) groups excluding carboxylic acids is 2. The van der Waals surface area contributed by atoms with E-state index in [0.29, 0.717) is 16.8 Å². The zero-order valence-electron chi connectivity index (χ0n) is 17.2. The molecule has 1 fully saturated rings. The Morgan fingerprint density at radius 2 is 1.81 bits per heavy atom. The molecular weight excluding hydrogens is 411 g/mol. The standard InChI is InChI=1S/C25H23FN2O2S/c1-17-7-6-9-20(25(30)28-15-4-5-16-28)24(17)27-23(29)14-12-18-11-13-22(31-18)19-8-2-3-10-21(19)26/h2-3,6-14H,4-5,15-16H2,1H3,(H,27,29)/b14-12+. The molecule has 2 heterocycles. The lowest BCUT2D eigenvalue weighted by molar-refractivity contribution is -0.111. The number of nitrogens with one attached hydrogen (secondary N) is 1. The summed E-state index contributed by atoms with van der Waals surface area (Å²) >= 11 is 1.41. The molecule has 31 heavy (non-hydrogen) atoms. The van der Waals surface area contributed by atoms with Crippen LogP contribution < -0.4 is 5.32 Å². The molecule has 0 spiro atoms. The molecule has 1 aromatic heterocycles. The van der Waals surface area contributed by atoms with E-state index in [9.17, 15) is 14.0 Å². The SMILES string of the molecule is Cc1cccc(C(=O)N2CCCC2)c1NC(=O)/C=C/c1ccc(-c2ccccc2F)s1. The Morgan fingerprint density at radius 1 is 1.03 bits per heavy atom. The van der Waals surface area contributed by atoms with Crippen molar-refractivity contribution in [2.45, 2.75) is 19.8 Å². The predicted octanol–water partition coefficient (Wildman–Crippen LogP) is 5.75. The largest absolute Gasteiger partial charge is 0.339 e. The van der Waals surface area contributed by atoms with Crippen LogP contribution in [0.15, 0.2) is 60.7 Å². The smallest absolute Gasteiger partial charge is 0.255 e. The highest BCUT2D eigenvalue weighted by atomic mass is 32.1. The maximum Gasteiger partial charge on any atom is 0.255 e. The second-order valence-corrected chi connectivity index (χ2v) is 8.62. The van der Waals surface area contributed by atoms with Gasteiger partial charge in [-0.2, -0.15) is 0 Å². The highest BCUT2D eigenvalue weighted by molar-refractivity contribution is 7.16. The summed E-state index contributed by atoms with van der Waals surface area (Å²) in [5.41, 5.74) is 2.44. The number of amides is 2. The fourth-order valence-corrected chi connectivity index (χ4v) is 4.61. The highest BCUT2D eigenvalue weighted by Gasteiger charge is 2.23. The first-order chi connectivity index (χ1) is 15.0. The van der Waals surface area contributed by atoms with E-state index < -0.39 is 0 Å². The quantitative estimate of drug-likeness (QED) is 0.520. The molecule has 4 nitrogen and oxygen atoms in total. The van der Waals surface area contributed by atoms with Crippen LogP contribution in [0.4, 0.5) is 10.1 Å². The second kappa shape index (κ2) is 9.27. The van der Waals surface area contributed by atoms with Gasteiger partial charge in [-0.05, 0) is 55.7 Å². The van der Waals surface area contributed by atoms with E-state index in [1.807, 2.05) is 36.1 Å². The van der Waals surface area contributed by atoms with Crippen molar-refractivity contribution in [3.63, 3.8) is 0 Å². The normalized spacial score (nSPS) is 13.7. The topological polar surface area (TPSA) is 49.4 Å². The molecule has 1 aliphatic rings. The van der Waals surface area contributed by atoms with Gasteiger partial charge in [-0.15, -0.1) is 11.3 Å². The van der Waals surface area contributed by atoms with Gasteiger partial charge in [0.15, 0.2) is 0 Å². The van der Waals surface area contributed by atoms with E-state index in [1.54, 1.807) is 30.3 Å². The summed E-state index contributed by atoms with van der Waals surface area (Å²) in [6, 6.07) is 15.8. The Morgan fingerprint density at radius 3 is 2.58 bits per heavy atom. The summed E-state index contributed by atoms with van der Waals surface area (Å²) in [4.78, 5) is 28.9. The lowest BCUT2D eigenvalue weighted by Gasteiger charge is -2.19. The van der Waals surface area contributed by atoms with Gasteiger partial charge in [-0.1, -0.05) is 30.3 Å². The Kier molecular flexibility index (Phi) is 6.28. The average Bonchev–Trinajstić information content (AvgIpc) is 3.46. The van der Waals surface area contributed by atoms with Crippen molar-refractivity contribution in [3.8, 4) is 10.4 Å². The molecule has 4 rings (SSSR count). The van der Waals surface area contributed by atoms with Gasteiger partial charge in [0.2, 0.25) is 5.91 Å². The summed E-state index contributed by atoms with van der Waals surface area (Å²) in [7, 11) is 0. The first-order valence-corrected chi connectivity index (χ1v) is 11.1. The Balaban J connectivity index is 1.49. The molecule has 2 aromatic carbocycles. The van der Waals surface area contributed by atoms with Crippen LogP contribution in [0.2, 0.25) is 0 Å². The molecule has 0 bridgehead atoms. The average molecular weight is 435 g/mol. The number of benzene rings is 2. The molecule has 0 atom stereocenters. The highest BCUT2D eigenvalue weighted by Crippen LogP contribution is 2.30. The number of para-hydroxylation sites is 1. The molecule has 6 heteroatoms. The first-order valence-electron chi connectivity index (χ1n) is 10.3. The van der Waals surface area contributed by atoms with Gasteiger partial charge in [-0.3, -0.25) is 9.59 Å². The number of anilines is 1. The molecule has 1 aliphatic heterocycles. The van der Waals surface area contributed by atoms with Crippen LogP contribution in [0, 0.1) is 12.7 Å². The maximum atomic E-state index is 14.0. The van der Waals surface area contributed by atoms with Crippen molar-refractivity contribution < 1.29 is 14.0 Å². The van der Waals surface area contributed by atoms with E-state index in [2.05, 4.69) is 5.32 Å². The second-order valence-electron chi connectivity index (χ2n) is 7.50. The Labute approximate surface area is 185 Å². The van der Waals surface area contributed by atoms with E-state index in [0.717, 1.165) is 41.2 Å². The minimum atomic E-state index is -0.314. The van der Waals surface area contributed by atoms with Gasteiger partial charge in [0.05, 0.1) is 11.3 Å². The van der Waals surface area contributed by atoms with Gasteiger partial charge < -0.3 is 10.2 Å². The molecule has 0 radical (unpaired) electrons. The number of carbonyl (C=O) groups is 2. The minimum Gasteiger partial charge on any atom is -0.339 e. The molecule has 1 saturated heterocycles. The van der Waals surface area contributed by atoms with Gasteiger partial charge in [0.25, 0.3) is 5.91 Å². The van der Waals surface area contributed by atoms with E-state index in [4.69, 9.17) is 0 Å². The third-order valence-electron chi connectivity index (χ3n) is 5.31. The molecule has 0 aliphatic carbocycles. The van der Waals surface area contributed by atoms with Crippen LogP contribution in [-0.2, 0) is 4.79 Å². The fourth-order valence-electron chi connectivity index (χ4n) is 3.67. The lowest BCUT2D eigenvalue weighted by atomic mass is 10.1. The van der Waals surface area contributed by atoms with Crippen LogP contribution in [0.25, 0.3) is 16.5 Å². The first kappa shape index (κ1) is 21.0. The van der Waals surface area contributed by atoms with E-state index >= 15 is 0 Å². The number of aryl methyl sites for hydroxylation is 1. The van der Waals surface area contributed by atoms with Gasteiger partial charge in [0, 0.05) is 34.5 Å². The summed E-state index contributed by atoms with van der Waals surface area (Å²) in [5.74, 6) is -0.633. The molecule has 1 N–H and O–H groups in total. The number of hydrogen-bond acceptors (Lipinski definition) is 3. The molecule has 2 amide bonds. The summed E-state index contributed by atoms with van der Waals surface area (Å²) < 4.78 is 14.0. The predicted molar refractivity (Wildman–Crippen MR) is 124 cm³/mol. The molecule has 158 valence electrons. The zero-order valence-corrected chi connectivity index (χ0v) is 18.0. The number of hydrogen-bond donors (Lipinski definition) is 1. The third kappa shape index (κ3) is 4.75. The number of rotatable bonds is 5. The van der Waals surface area contributed by atoms with Crippen molar-refractivity contribution in [2.75, 3.05) is 18.4 Å². The van der Waals surface area contributed by atoms with Gasteiger partial charge in [-0.25, -0.2) is 4.39 Å². The Bertz CT molecular complexity index is 1150. The monoisotopic (exact) mass is 434 g/mol. The van der Waals surface area contributed by atoms with Gasteiger partial charge >= 0.3 is 0 Å². The van der Waals surface area contributed by atoms with Gasteiger partial charge in [0.1, 0.15) is 5.82 Å². The zero-order chi connectivity index (χ0) is 21.8. The van der Waals surface area contributed by atoms with Crippen molar-refractivity contribution >= 4 is 34.9 Å². The summed E-state index contributed by atoms with van der Waals surface area (Å²) in [5, 5.41) is 2.87. The van der Waals surface area contributed by atoms with Crippen LogP contribution in [0.5, 0.6) is 0 Å². The number of likely N-dealkylation sites (tertiary alicyclic amines) is 1. The molecule has 0 unspecified atom stereocenters. The Hall–Kier alpha value is -3.25. The summed E-state index contributed by atoms with van der Waals surface area (Å²) in [6.07, 6.45) is 5.16. The number of halogens is 1. The van der Waals surface area contributed by atoms with Crippen LogP contribution in [-0.4, -0.2) is 29.8 Å². The van der Waals surface area contributed by atoms with E-state index in [1.165, 1.54) is 23.5 Å². The van der Waals surface area contributed by atoms with Crippen LogP contribution >= 0.6 is 11.3 Å². The third-order valence-corrected chi connectivity index (χ3v) is 6.39. The number of nitrogens with zero attached hydrogens (tertiary/aromatic N) is 1. The molecule has 3 aromatic rings. The maximum absolute atomic E-state index is 14.0. The molecular formula is C25H23FN2O2S. The lowest BCUT2D eigenvalue weighted by Crippen LogP contribution is -2.29. The van der Waals surface area contributed by atoms with Crippen LogP contribution in [0.3, 0.4) is 0 Å². The van der Waals surface area contributed by atoms with Crippen LogP contribution in [0.1, 0.15) is 33.6 Å². The van der Waals surface area contributed by atoms with E-state index in [-0.39, 0.29) is 17.6 Å². The van der Waals surface area contributed by atoms with Crippen molar-refractivity contribution in [1.29, 1.82) is 0 Å².